The van der Waals surface area contributed by atoms with E-state index in [1.807, 2.05) is 0 Å². The van der Waals surface area contributed by atoms with Crippen LogP contribution in [0.3, 0.4) is 0 Å². The Hall–Kier alpha value is -0.160. The Morgan fingerprint density at radius 2 is 1.67 bits per heavy atom. The molecule has 2 rings (SSSR count). The first kappa shape index (κ1) is 14.3. The van der Waals surface area contributed by atoms with E-state index in [4.69, 9.17) is 5.73 Å². The normalized spacial score (nSPS) is 24.7. The van der Waals surface area contributed by atoms with Crippen LogP contribution in [-0.2, 0) is 0 Å². The van der Waals surface area contributed by atoms with Crippen LogP contribution in [-0.4, -0.2) is 81.2 Å². The lowest BCUT2D eigenvalue weighted by atomic mass is 10.0. The molecule has 0 spiro atoms. The first-order valence-corrected chi connectivity index (χ1v) is 7.43. The van der Waals surface area contributed by atoms with E-state index in [1.54, 1.807) is 0 Å². The average Bonchev–Trinajstić information content (AvgIpc) is 3.08. The molecule has 1 aliphatic carbocycles. The molecule has 0 unspecified atom stereocenters. The molecule has 0 aromatic rings. The van der Waals surface area contributed by atoms with E-state index in [0.717, 1.165) is 6.54 Å². The van der Waals surface area contributed by atoms with Gasteiger partial charge in [0, 0.05) is 45.8 Å². The van der Waals surface area contributed by atoms with Gasteiger partial charge in [0.1, 0.15) is 0 Å². The van der Waals surface area contributed by atoms with Gasteiger partial charge >= 0.3 is 0 Å². The zero-order chi connectivity index (χ0) is 13.0. The summed E-state index contributed by atoms with van der Waals surface area (Å²) in [5.41, 5.74) is 6.33. The average molecular weight is 254 g/mol. The maximum Gasteiger partial charge on any atom is 0.0110 e. The fourth-order valence-corrected chi connectivity index (χ4v) is 2.96. The van der Waals surface area contributed by atoms with Gasteiger partial charge < -0.3 is 15.5 Å². The maximum absolute atomic E-state index is 5.72. The van der Waals surface area contributed by atoms with Crippen LogP contribution in [0.5, 0.6) is 0 Å². The van der Waals surface area contributed by atoms with Crippen LogP contribution in [0.1, 0.15) is 19.3 Å². The smallest absolute Gasteiger partial charge is 0.0110 e. The highest BCUT2D eigenvalue weighted by atomic mass is 15.3. The van der Waals surface area contributed by atoms with Gasteiger partial charge in [-0.1, -0.05) is 0 Å². The van der Waals surface area contributed by atoms with E-state index in [9.17, 15) is 0 Å². The predicted octanol–water partition coefficient (Wildman–Crippen LogP) is 0.295. The third-order valence-corrected chi connectivity index (χ3v) is 4.52. The number of hydrogen-bond acceptors (Lipinski definition) is 4. The zero-order valence-corrected chi connectivity index (χ0v) is 12.2. The Bertz CT molecular complexity index is 242. The van der Waals surface area contributed by atoms with Crippen molar-refractivity contribution in [2.45, 2.75) is 19.3 Å². The van der Waals surface area contributed by atoms with Crippen LogP contribution in [0.2, 0.25) is 0 Å². The molecule has 106 valence electrons. The molecular weight excluding hydrogens is 224 g/mol. The minimum atomic E-state index is 0.612. The Labute approximate surface area is 112 Å². The van der Waals surface area contributed by atoms with Crippen molar-refractivity contribution in [1.29, 1.82) is 0 Å². The second kappa shape index (κ2) is 6.33. The van der Waals surface area contributed by atoms with E-state index in [2.05, 4.69) is 28.8 Å². The number of nitrogens with two attached hydrogens (primary N) is 1. The van der Waals surface area contributed by atoms with Crippen LogP contribution in [0.4, 0.5) is 0 Å². The summed E-state index contributed by atoms with van der Waals surface area (Å²) >= 11 is 0. The second-order valence-corrected chi connectivity index (χ2v) is 6.46. The maximum atomic E-state index is 5.72. The van der Waals surface area contributed by atoms with Crippen molar-refractivity contribution < 1.29 is 0 Å². The van der Waals surface area contributed by atoms with Crippen molar-refractivity contribution in [3.05, 3.63) is 0 Å². The van der Waals surface area contributed by atoms with Gasteiger partial charge in [0.05, 0.1) is 0 Å². The summed E-state index contributed by atoms with van der Waals surface area (Å²) in [6.07, 6.45) is 4.05. The van der Waals surface area contributed by atoms with Crippen LogP contribution in [0.15, 0.2) is 0 Å². The first-order chi connectivity index (χ1) is 8.63. The lowest BCUT2D eigenvalue weighted by Gasteiger charge is -2.37. The fourth-order valence-electron chi connectivity index (χ4n) is 2.96. The molecular formula is C14H30N4. The minimum absolute atomic E-state index is 0.612. The second-order valence-electron chi connectivity index (χ2n) is 6.46. The topological polar surface area (TPSA) is 35.7 Å². The van der Waals surface area contributed by atoms with Crippen molar-refractivity contribution >= 4 is 0 Å². The first-order valence-electron chi connectivity index (χ1n) is 7.43. The Kier molecular flexibility index (Phi) is 5.01. The SMILES string of the molecule is CN(C)CCN1CCN(CC2(CCN)CC2)CC1. The molecule has 1 heterocycles. The standard InChI is InChI=1S/C14H30N4/c1-16(2)7-8-17-9-11-18(12-10-17)13-14(3-4-14)5-6-15/h3-13,15H2,1-2H3. The van der Waals surface area contributed by atoms with E-state index in [-0.39, 0.29) is 0 Å². The molecule has 0 bridgehead atoms. The molecule has 2 aliphatic rings. The highest BCUT2D eigenvalue weighted by Gasteiger charge is 2.43. The molecule has 0 atom stereocenters. The monoisotopic (exact) mass is 254 g/mol. The van der Waals surface area contributed by atoms with Crippen LogP contribution in [0.25, 0.3) is 0 Å². The molecule has 0 aromatic heterocycles. The summed E-state index contributed by atoms with van der Waals surface area (Å²) in [6.45, 7) is 9.54. The minimum Gasteiger partial charge on any atom is -0.330 e. The fraction of sp³-hybridized carbons (Fsp3) is 1.00. The molecule has 0 radical (unpaired) electrons. The van der Waals surface area contributed by atoms with E-state index in [0.29, 0.717) is 5.41 Å². The molecule has 0 aromatic carbocycles. The van der Waals surface area contributed by atoms with E-state index < -0.39 is 0 Å². The summed E-state index contributed by atoms with van der Waals surface area (Å²) in [7, 11) is 4.31. The van der Waals surface area contributed by atoms with Gasteiger partial charge in [-0.3, -0.25) is 4.90 Å². The van der Waals surface area contributed by atoms with Crippen LogP contribution in [0, 0.1) is 5.41 Å². The van der Waals surface area contributed by atoms with E-state index in [1.165, 1.54) is 65.1 Å². The summed E-state index contributed by atoms with van der Waals surface area (Å²) in [6, 6.07) is 0. The van der Waals surface area contributed by atoms with Gasteiger partial charge in [-0.15, -0.1) is 0 Å². The molecule has 1 saturated carbocycles. The largest absolute Gasteiger partial charge is 0.330 e. The van der Waals surface area contributed by atoms with Gasteiger partial charge in [-0.2, -0.15) is 0 Å². The summed E-state index contributed by atoms with van der Waals surface area (Å²) in [5.74, 6) is 0. The lowest BCUT2D eigenvalue weighted by Crippen LogP contribution is -2.49. The van der Waals surface area contributed by atoms with Crippen molar-refractivity contribution in [3.63, 3.8) is 0 Å². The van der Waals surface area contributed by atoms with Gasteiger partial charge in [0.25, 0.3) is 0 Å². The van der Waals surface area contributed by atoms with Gasteiger partial charge in [-0.05, 0) is 45.3 Å². The highest BCUT2D eigenvalue weighted by Crippen LogP contribution is 2.49. The number of rotatable bonds is 7. The molecule has 4 heteroatoms. The number of nitrogens with zero attached hydrogens (tertiary/aromatic N) is 3. The Balaban J connectivity index is 1.64. The summed E-state index contributed by atoms with van der Waals surface area (Å²) < 4.78 is 0. The highest BCUT2D eigenvalue weighted by molar-refractivity contribution is 4.96. The number of piperazine rings is 1. The third kappa shape index (κ3) is 4.19. The molecule has 4 nitrogen and oxygen atoms in total. The van der Waals surface area contributed by atoms with Gasteiger partial charge in [0.15, 0.2) is 0 Å². The Morgan fingerprint density at radius 3 is 2.17 bits per heavy atom. The van der Waals surface area contributed by atoms with Gasteiger partial charge in [-0.25, -0.2) is 0 Å². The van der Waals surface area contributed by atoms with Crippen molar-refractivity contribution in [1.82, 2.24) is 14.7 Å². The molecule has 18 heavy (non-hydrogen) atoms. The molecule has 0 amide bonds. The Morgan fingerprint density at radius 1 is 1.06 bits per heavy atom. The van der Waals surface area contributed by atoms with Crippen molar-refractivity contribution in [2.75, 3.05) is 66.5 Å². The van der Waals surface area contributed by atoms with Crippen LogP contribution < -0.4 is 5.73 Å². The zero-order valence-electron chi connectivity index (χ0n) is 12.2. The van der Waals surface area contributed by atoms with Crippen LogP contribution >= 0.6 is 0 Å². The molecule has 2 N–H and O–H groups in total. The number of hydrogen-bond donors (Lipinski definition) is 1. The number of likely N-dealkylation sites (N-methyl/N-ethyl adjacent to an activating group) is 1. The lowest BCUT2D eigenvalue weighted by molar-refractivity contribution is 0.106. The predicted molar refractivity (Wildman–Crippen MR) is 76.8 cm³/mol. The molecule has 1 saturated heterocycles. The summed E-state index contributed by atoms with van der Waals surface area (Å²) in [5, 5.41) is 0. The quantitative estimate of drug-likeness (QED) is 0.709. The molecule has 1 aliphatic heterocycles. The van der Waals surface area contributed by atoms with Crippen molar-refractivity contribution in [3.8, 4) is 0 Å². The molecule has 2 fully saturated rings. The van der Waals surface area contributed by atoms with Gasteiger partial charge in [0.2, 0.25) is 0 Å². The van der Waals surface area contributed by atoms with Crippen molar-refractivity contribution in [2.24, 2.45) is 11.1 Å². The van der Waals surface area contributed by atoms with E-state index >= 15 is 0 Å². The summed E-state index contributed by atoms with van der Waals surface area (Å²) in [4.78, 5) is 7.53. The third-order valence-electron chi connectivity index (χ3n) is 4.52.